The minimum Gasteiger partial charge on any atom is -0.467 e. The van der Waals surface area contributed by atoms with Crippen LogP contribution in [0.2, 0.25) is 0 Å². The van der Waals surface area contributed by atoms with Crippen LogP contribution in [0.25, 0.3) is 0 Å². The van der Waals surface area contributed by atoms with Crippen molar-refractivity contribution in [2.75, 3.05) is 27.4 Å². The molecule has 0 amide bonds. The summed E-state index contributed by atoms with van der Waals surface area (Å²) in [7, 11) is 2.10. The van der Waals surface area contributed by atoms with Crippen LogP contribution in [0, 0.1) is 34.5 Å². The molecule has 19 heteroatoms. The highest BCUT2D eigenvalue weighted by atomic mass is 16.7. The second-order valence-electron chi connectivity index (χ2n) is 15.9. The van der Waals surface area contributed by atoms with Gasteiger partial charge in [-0.05, 0) is 50.7 Å². The Balaban J connectivity index is 1.42. The SMILES string of the molecule is COC(=O)OC(C)(C)/C(C)=C/C(=O)O[C@H]1C(=O)O[C@@H]2C[C@H]3[C@H](C)C=C(O[C@@H]4O[C@H](CO)[C@@H](O)[C@H](O)[C@H]4O)C(=O)[C@]3(C)[C@H]3[C@@H](O)[C@H](O)[C@]4(C(=O)OC)OCC23[C@@H]14. The largest absolute Gasteiger partial charge is 0.508 e. The summed E-state index contributed by atoms with van der Waals surface area (Å²) in [6, 6.07) is 0. The Labute approximate surface area is 315 Å². The number of Topliss-reactive ketones (excluding diaryl/α,β-unsaturated/α-hetero) is 1. The van der Waals surface area contributed by atoms with E-state index in [4.69, 9.17) is 33.2 Å². The summed E-state index contributed by atoms with van der Waals surface area (Å²) in [4.78, 5) is 67.9. The van der Waals surface area contributed by atoms with Crippen molar-refractivity contribution in [1.29, 1.82) is 0 Å². The fourth-order valence-electron chi connectivity index (χ4n) is 10.0. The van der Waals surface area contributed by atoms with Crippen LogP contribution >= 0.6 is 0 Å². The average Bonchev–Trinajstić information content (AvgIpc) is 3.44. The smallest absolute Gasteiger partial charge is 0.467 e. The van der Waals surface area contributed by atoms with Crippen molar-refractivity contribution >= 4 is 29.8 Å². The predicted octanol–water partition coefficient (Wildman–Crippen LogP) is -1.83. The predicted molar refractivity (Wildman–Crippen MR) is 177 cm³/mol. The molecule has 1 spiro atoms. The summed E-state index contributed by atoms with van der Waals surface area (Å²) >= 11 is 0. The van der Waals surface area contributed by atoms with E-state index in [1.54, 1.807) is 6.92 Å². The van der Waals surface area contributed by atoms with E-state index >= 15 is 0 Å². The highest BCUT2D eigenvalue weighted by molar-refractivity contribution is 6.00. The lowest BCUT2D eigenvalue weighted by Gasteiger charge is -2.67. The van der Waals surface area contributed by atoms with Gasteiger partial charge in [0.15, 0.2) is 5.76 Å². The highest BCUT2D eigenvalue weighted by Crippen LogP contribution is 2.72. The van der Waals surface area contributed by atoms with E-state index in [0.717, 1.165) is 20.3 Å². The molecule has 3 heterocycles. The topological polar surface area (TPSA) is 281 Å². The van der Waals surface area contributed by atoms with Gasteiger partial charge < -0.3 is 68.5 Å². The third kappa shape index (κ3) is 5.80. The molecule has 2 saturated carbocycles. The monoisotopic (exact) mass is 784 g/mol. The van der Waals surface area contributed by atoms with Gasteiger partial charge >= 0.3 is 24.1 Å². The van der Waals surface area contributed by atoms with Crippen LogP contribution in [-0.2, 0) is 57.1 Å². The van der Waals surface area contributed by atoms with Crippen molar-refractivity contribution in [3.8, 4) is 0 Å². The maximum Gasteiger partial charge on any atom is 0.508 e. The molecule has 5 fully saturated rings. The number of rotatable bonds is 8. The number of aliphatic hydroxyl groups excluding tert-OH is 6. The van der Waals surface area contributed by atoms with Gasteiger partial charge in [0.2, 0.25) is 23.8 Å². The second kappa shape index (κ2) is 14.0. The normalized spacial score (nSPS) is 44.9. The van der Waals surface area contributed by atoms with Crippen molar-refractivity contribution < 1.29 is 92.5 Å². The van der Waals surface area contributed by atoms with Gasteiger partial charge in [-0.15, -0.1) is 0 Å². The third-order valence-corrected chi connectivity index (χ3v) is 13.0. The van der Waals surface area contributed by atoms with E-state index in [0.29, 0.717) is 0 Å². The molecule has 0 aromatic rings. The average molecular weight is 785 g/mol. The summed E-state index contributed by atoms with van der Waals surface area (Å²) < 4.78 is 44.1. The van der Waals surface area contributed by atoms with E-state index in [2.05, 4.69) is 4.74 Å². The van der Waals surface area contributed by atoms with Gasteiger partial charge in [-0.2, -0.15) is 0 Å². The molecule has 0 radical (unpaired) electrons. The van der Waals surface area contributed by atoms with E-state index in [1.807, 2.05) is 0 Å². The number of fused-ring (bicyclic) bond motifs is 2. The first kappa shape index (κ1) is 41.0. The molecule has 3 aliphatic carbocycles. The number of hydrogen-bond donors (Lipinski definition) is 6. The standard InChI is InChI=1S/C36H48O19/c1-13-8-16(51-30-22(41)21(40)20(39)17(11-37)52-30)27(43)34(5)15(13)10-18-35-12-50-36(31(46)48-6,28(44)23(42)25(34)35)26(35)24(29(45)53-18)54-19(38)9-14(2)33(3,4)55-32(47)49-7/h8-9,13,15,17-18,20-26,28,30,37,39-42,44H,10-12H2,1-7H3/b14-9+/t13-,15+,17-,18-,20-,21+,22-,23-,24-,25-,26-,28+,30-,34+,35?,36-/m1/s1. The lowest BCUT2D eigenvalue weighted by Crippen LogP contribution is -2.80. The molecule has 0 aromatic carbocycles. The molecular formula is C36H48O19. The molecule has 6 rings (SSSR count). The number of ether oxygens (including phenoxy) is 8. The van der Waals surface area contributed by atoms with Crippen LogP contribution in [0.5, 0.6) is 0 Å². The van der Waals surface area contributed by atoms with Gasteiger partial charge in [0.05, 0.1) is 39.5 Å². The Hall–Kier alpha value is -3.69. The number of allylic oxidation sites excluding steroid dienone is 2. The van der Waals surface area contributed by atoms with E-state index in [1.165, 1.54) is 33.8 Å². The van der Waals surface area contributed by atoms with Gasteiger partial charge in [0, 0.05) is 22.8 Å². The van der Waals surface area contributed by atoms with Crippen LogP contribution in [0.1, 0.15) is 41.0 Å². The van der Waals surface area contributed by atoms with Crippen molar-refractivity contribution in [3.05, 3.63) is 23.5 Å². The number of esters is 3. The summed E-state index contributed by atoms with van der Waals surface area (Å²) in [5.41, 5.74) is -7.09. The molecule has 1 unspecified atom stereocenters. The molecule has 6 aliphatic rings. The molecule has 2 bridgehead atoms. The number of methoxy groups -OCH3 is 2. The first-order valence-corrected chi connectivity index (χ1v) is 17.9. The third-order valence-electron chi connectivity index (χ3n) is 13.0. The first-order valence-electron chi connectivity index (χ1n) is 17.9. The van der Waals surface area contributed by atoms with Gasteiger partial charge in [-0.3, -0.25) is 4.79 Å². The van der Waals surface area contributed by atoms with Crippen molar-refractivity contribution in [2.45, 2.75) is 107 Å². The van der Waals surface area contributed by atoms with E-state index in [9.17, 15) is 54.6 Å². The Morgan fingerprint density at radius 2 is 1.67 bits per heavy atom. The van der Waals surface area contributed by atoms with Crippen LogP contribution in [0.4, 0.5) is 4.79 Å². The van der Waals surface area contributed by atoms with Crippen LogP contribution in [-0.4, -0.2) is 154 Å². The van der Waals surface area contributed by atoms with Gasteiger partial charge in [0.1, 0.15) is 42.2 Å². The fraction of sp³-hybridized carbons (Fsp3) is 0.750. The maximum absolute atomic E-state index is 14.8. The highest BCUT2D eigenvalue weighted by Gasteiger charge is 2.86. The maximum atomic E-state index is 14.8. The van der Waals surface area contributed by atoms with Crippen LogP contribution in [0.15, 0.2) is 23.5 Å². The Morgan fingerprint density at radius 1 is 1.00 bits per heavy atom. The van der Waals surface area contributed by atoms with E-state index < -0.39 is 144 Å². The number of aliphatic hydroxyl groups is 6. The quantitative estimate of drug-likeness (QED) is 0.0897. The van der Waals surface area contributed by atoms with Gasteiger partial charge in [0.25, 0.3) is 0 Å². The van der Waals surface area contributed by atoms with E-state index in [-0.39, 0.29) is 17.8 Å². The molecule has 16 atom stereocenters. The van der Waals surface area contributed by atoms with Gasteiger partial charge in [-0.25, -0.2) is 19.2 Å². The number of carbonyl (C=O) groups is 5. The summed E-state index contributed by atoms with van der Waals surface area (Å²) in [5, 5.41) is 65.1. The summed E-state index contributed by atoms with van der Waals surface area (Å²) in [6.07, 6.45) is -14.3. The number of carbonyl (C=O) groups excluding carboxylic acids is 5. The number of ketones is 1. The molecule has 6 N–H and O–H groups in total. The van der Waals surface area contributed by atoms with Crippen molar-refractivity contribution in [3.63, 3.8) is 0 Å². The zero-order chi connectivity index (χ0) is 40.7. The lowest BCUT2D eigenvalue weighted by atomic mass is 9.37. The minimum atomic E-state index is -2.49. The Kier molecular flexibility index (Phi) is 10.5. The van der Waals surface area contributed by atoms with Crippen LogP contribution < -0.4 is 0 Å². The van der Waals surface area contributed by atoms with Crippen molar-refractivity contribution in [2.24, 2.45) is 34.5 Å². The fourth-order valence-corrected chi connectivity index (χ4v) is 10.0. The molecule has 0 aromatic heterocycles. The van der Waals surface area contributed by atoms with Crippen LogP contribution in [0.3, 0.4) is 0 Å². The molecule has 19 nitrogen and oxygen atoms in total. The second-order valence-corrected chi connectivity index (χ2v) is 15.9. The lowest BCUT2D eigenvalue weighted by molar-refractivity contribution is -0.297. The first-order chi connectivity index (χ1) is 25.7. The molecule has 55 heavy (non-hydrogen) atoms. The Bertz CT molecular complexity index is 1670. The molecule has 3 aliphatic heterocycles. The molecule has 306 valence electrons. The zero-order valence-electron chi connectivity index (χ0n) is 31.3. The zero-order valence-corrected chi connectivity index (χ0v) is 31.3. The van der Waals surface area contributed by atoms with Crippen molar-refractivity contribution in [1.82, 2.24) is 0 Å². The Morgan fingerprint density at radius 3 is 2.29 bits per heavy atom. The number of hydrogen-bond acceptors (Lipinski definition) is 19. The molecule has 3 saturated heterocycles. The summed E-state index contributed by atoms with van der Waals surface area (Å²) in [6.45, 7) is 6.42. The summed E-state index contributed by atoms with van der Waals surface area (Å²) in [5.74, 6) is -8.74. The van der Waals surface area contributed by atoms with Gasteiger partial charge in [-0.1, -0.05) is 13.8 Å². The minimum absolute atomic E-state index is 0.0197. The molecular weight excluding hydrogens is 736 g/mol.